The Labute approximate surface area is 166 Å². The number of unbranched alkanes of at least 4 members (excludes halogenated alkanes) is 2. The van der Waals surface area contributed by atoms with Crippen molar-refractivity contribution in [2.45, 2.75) is 25.3 Å². The number of halogens is 2. The van der Waals surface area contributed by atoms with E-state index in [9.17, 15) is 8.78 Å². The zero-order valence-electron chi connectivity index (χ0n) is 16.6. The van der Waals surface area contributed by atoms with Crippen molar-refractivity contribution in [2.24, 2.45) is 0 Å². The van der Waals surface area contributed by atoms with Gasteiger partial charge in [0, 0.05) is 39.9 Å². The highest BCUT2D eigenvalue weighted by Crippen LogP contribution is 2.30. The Morgan fingerprint density at radius 2 is 1.32 bits per heavy atom. The summed E-state index contributed by atoms with van der Waals surface area (Å²) in [5.41, 5.74) is 2.09. The summed E-state index contributed by atoms with van der Waals surface area (Å²) in [6.45, 7) is 5.88. The topological polar surface area (TPSA) is 15.7 Å². The number of hydrogen-bond donors (Lipinski definition) is 0. The number of rotatable bonds is 9. The van der Waals surface area contributed by atoms with Crippen LogP contribution in [0.2, 0.25) is 0 Å². The number of piperazine rings is 1. The molecule has 3 rings (SSSR count). The summed E-state index contributed by atoms with van der Waals surface area (Å²) < 4.78 is 31.9. The minimum Gasteiger partial charge on any atom is -0.385 e. The van der Waals surface area contributed by atoms with Crippen molar-refractivity contribution >= 4 is 0 Å². The van der Waals surface area contributed by atoms with Gasteiger partial charge in [0.1, 0.15) is 11.6 Å². The highest BCUT2D eigenvalue weighted by Gasteiger charge is 2.26. The number of ether oxygens (including phenoxy) is 1. The summed E-state index contributed by atoms with van der Waals surface area (Å²) >= 11 is 0. The molecule has 1 fully saturated rings. The third-order valence-corrected chi connectivity index (χ3v) is 5.47. The lowest BCUT2D eigenvalue weighted by Gasteiger charge is -2.40. The van der Waals surface area contributed by atoms with Gasteiger partial charge in [0.05, 0.1) is 6.04 Å². The molecule has 3 nitrogen and oxygen atoms in total. The quantitative estimate of drug-likeness (QED) is 0.589. The molecule has 0 amide bonds. The van der Waals surface area contributed by atoms with Gasteiger partial charge in [-0.1, -0.05) is 24.3 Å². The lowest BCUT2D eigenvalue weighted by molar-refractivity contribution is 0.107. The van der Waals surface area contributed by atoms with Crippen LogP contribution < -0.4 is 0 Å². The number of benzene rings is 2. The van der Waals surface area contributed by atoms with E-state index >= 15 is 0 Å². The Bertz CT molecular complexity index is 652. The third kappa shape index (κ3) is 5.84. The van der Waals surface area contributed by atoms with E-state index in [0.717, 1.165) is 56.9 Å². The fourth-order valence-electron chi connectivity index (χ4n) is 3.91. The molecule has 0 N–H and O–H groups in total. The molecule has 2 aromatic rings. The molecule has 152 valence electrons. The highest BCUT2D eigenvalue weighted by atomic mass is 19.1. The predicted molar refractivity (Wildman–Crippen MR) is 108 cm³/mol. The van der Waals surface area contributed by atoms with E-state index in [0.29, 0.717) is 0 Å². The first-order chi connectivity index (χ1) is 13.7. The molecular weight excluding hydrogens is 358 g/mol. The van der Waals surface area contributed by atoms with Crippen LogP contribution in [0.15, 0.2) is 48.5 Å². The van der Waals surface area contributed by atoms with Crippen molar-refractivity contribution in [2.75, 3.05) is 46.4 Å². The number of hydrogen-bond acceptors (Lipinski definition) is 3. The maximum absolute atomic E-state index is 13.4. The molecule has 28 heavy (non-hydrogen) atoms. The normalized spacial score (nSPS) is 16.0. The summed E-state index contributed by atoms with van der Waals surface area (Å²) in [4.78, 5) is 4.93. The minimum absolute atomic E-state index is 0.0186. The van der Waals surface area contributed by atoms with E-state index in [1.165, 1.54) is 37.1 Å². The molecule has 1 aliphatic rings. The molecule has 0 aromatic heterocycles. The molecule has 1 heterocycles. The van der Waals surface area contributed by atoms with Crippen molar-refractivity contribution in [1.29, 1.82) is 0 Å². The van der Waals surface area contributed by atoms with Gasteiger partial charge in [-0.05, 0) is 61.2 Å². The average molecular weight is 389 g/mol. The largest absolute Gasteiger partial charge is 0.385 e. The van der Waals surface area contributed by atoms with Gasteiger partial charge in [0.2, 0.25) is 0 Å². The first kappa shape index (κ1) is 20.9. The van der Waals surface area contributed by atoms with E-state index in [1.54, 1.807) is 7.11 Å². The number of nitrogens with zero attached hydrogens (tertiary/aromatic N) is 2. The Balaban J connectivity index is 1.63. The Hall–Kier alpha value is -1.82. The Morgan fingerprint density at radius 3 is 1.82 bits per heavy atom. The predicted octanol–water partition coefficient (Wildman–Crippen LogP) is 4.49. The van der Waals surface area contributed by atoms with Crippen molar-refractivity contribution < 1.29 is 13.5 Å². The zero-order valence-corrected chi connectivity index (χ0v) is 16.6. The Kier molecular flexibility index (Phi) is 7.95. The van der Waals surface area contributed by atoms with Crippen LogP contribution in [0.25, 0.3) is 0 Å². The van der Waals surface area contributed by atoms with E-state index in [1.807, 2.05) is 24.3 Å². The van der Waals surface area contributed by atoms with E-state index in [-0.39, 0.29) is 17.7 Å². The van der Waals surface area contributed by atoms with Gasteiger partial charge in [-0.3, -0.25) is 4.90 Å². The van der Waals surface area contributed by atoms with Gasteiger partial charge in [-0.2, -0.15) is 0 Å². The monoisotopic (exact) mass is 388 g/mol. The van der Waals surface area contributed by atoms with E-state index in [4.69, 9.17) is 4.74 Å². The first-order valence-corrected chi connectivity index (χ1v) is 10.1. The molecule has 0 saturated carbocycles. The maximum Gasteiger partial charge on any atom is 0.123 e. The SMILES string of the molecule is COCCCCCN1CCN(C(c2ccc(F)cc2)c2ccc(F)cc2)CC1. The fourth-order valence-corrected chi connectivity index (χ4v) is 3.91. The van der Waals surface area contributed by atoms with Crippen LogP contribution in [0.4, 0.5) is 8.78 Å². The summed E-state index contributed by atoms with van der Waals surface area (Å²) in [5, 5.41) is 0. The van der Waals surface area contributed by atoms with Crippen LogP contribution in [0.1, 0.15) is 36.4 Å². The van der Waals surface area contributed by atoms with Crippen molar-refractivity contribution in [3.8, 4) is 0 Å². The maximum atomic E-state index is 13.4. The second-order valence-electron chi connectivity index (χ2n) is 7.44. The van der Waals surface area contributed by atoms with Gasteiger partial charge < -0.3 is 9.64 Å². The molecule has 1 saturated heterocycles. The molecule has 1 aliphatic heterocycles. The smallest absolute Gasteiger partial charge is 0.123 e. The molecule has 0 radical (unpaired) electrons. The van der Waals surface area contributed by atoms with Crippen LogP contribution in [-0.4, -0.2) is 56.2 Å². The van der Waals surface area contributed by atoms with Gasteiger partial charge >= 0.3 is 0 Å². The summed E-state index contributed by atoms with van der Waals surface area (Å²) in [6, 6.07) is 13.4. The standard InChI is InChI=1S/C23H30F2N2O/c1-28-18-4-2-3-13-26-14-16-27(17-15-26)23(19-5-9-21(24)10-6-19)20-7-11-22(25)12-8-20/h5-12,23H,2-4,13-18H2,1H3. The minimum atomic E-state index is -0.236. The summed E-state index contributed by atoms with van der Waals surface area (Å²) in [6.07, 6.45) is 3.51. The lowest BCUT2D eigenvalue weighted by Crippen LogP contribution is -2.48. The molecule has 0 bridgehead atoms. The van der Waals surface area contributed by atoms with Gasteiger partial charge in [0.15, 0.2) is 0 Å². The Morgan fingerprint density at radius 1 is 0.786 bits per heavy atom. The molecule has 0 spiro atoms. The van der Waals surface area contributed by atoms with Crippen molar-refractivity contribution in [3.05, 3.63) is 71.3 Å². The molecular formula is C23H30F2N2O. The van der Waals surface area contributed by atoms with E-state index in [2.05, 4.69) is 9.80 Å². The number of methoxy groups -OCH3 is 1. The third-order valence-electron chi connectivity index (χ3n) is 5.47. The highest BCUT2D eigenvalue weighted by molar-refractivity contribution is 5.32. The molecule has 0 atom stereocenters. The second kappa shape index (κ2) is 10.6. The first-order valence-electron chi connectivity index (χ1n) is 10.1. The molecule has 0 unspecified atom stereocenters. The summed E-state index contributed by atoms with van der Waals surface area (Å²) in [7, 11) is 1.75. The fraction of sp³-hybridized carbons (Fsp3) is 0.478. The average Bonchev–Trinajstić information content (AvgIpc) is 2.72. The van der Waals surface area contributed by atoms with Crippen LogP contribution >= 0.6 is 0 Å². The van der Waals surface area contributed by atoms with Crippen LogP contribution in [0.5, 0.6) is 0 Å². The van der Waals surface area contributed by atoms with Gasteiger partial charge in [-0.15, -0.1) is 0 Å². The molecule has 0 aliphatic carbocycles. The van der Waals surface area contributed by atoms with Crippen LogP contribution in [0, 0.1) is 11.6 Å². The van der Waals surface area contributed by atoms with Gasteiger partial charge in [0.25, 0.3) is 0 Å². The van der Waals surface area contributed by atoms with Crippen molar-refractivity contribution in [3.63, 3.8) is 0 Å². The van der Waals surface area contributed by atoms with Crippen LogP contribution in [-0.2, 0) is 4.74 Å². The zero-order chi connectivity index (χ0) is 19.8. The summed E-state index contributed by atoms with van der Waals surface area (Å²) in [5.74, 6) is -0.472. The second-order valence-corrected chi connectivity index (χ2v) is 7.44. The van der Waals surface area contributed by atoms with Crippen molar-refractivity contribution in [1.82, 2.24) is 9.80 Å². The lowest BCUT2D eigenvalue weighted by atomic mass is 9.96. The van der Waals surface area contributed by atoms with Gasteiger partial charge in [-0.25, -0.2) is 8.78 Å². The van der Waals surface area contributed by atoms with Crippen LogP contribution in [0.3, 0.4) is 0 Å². The van der Waals surface area contributed by atoms with E-state index < -0.39 is 0 Å². The molecule has 5 heteroatoms. The molecule has 2 aromatic carbocycles.